The number of hydrogen-bond acceptors (Lipinski definition) is 5. The van der Waals surface area contributed by atoms with E-state index >= 15 is 0 Å². The molecule has 0 amide bonds. The van der Waals surface area contributed by atoms with E-state index < -0.39 is 10.0 Å². The Balaban J connectivity index is 2.01. The Hall–Kier alpha value is -2.84. The Labute approximate surface area is 169 Å². The minimum atomic E-state index is -3.87. The van der Waals surface area contributed by atoms with Crippen LogP contribution in [0.3, 0.4) is 0 Å². The number of nitrogens with one attached hydrogen (secondary N) is 1. The van der Waals surface area contributed by atoms with Crippen molar-refractivity contribution in [3.63, 3.8) is 0 Å². The monoisotopic (exact) mass is 413 g/mol. The van der Waals surface area contributed by atoms with Crippen molar-refractivity contribution in [2.75, 3.05) is 6.54 Å². The quantitative estimate of drug-likeness (QED) is 0.572. The highest BCUT2D eigenvalue weighted by Gasteiger charge is 2.26. The van der Waals surface area contributed by atoms with Gasteiger partial charge < -0.3 is 4.98 Å². The molecule has 0 fully saturated rings. The Morgan fingerprint density at radius 2 is 1.90 bits per heavy atom. The number of para-hydroxylation sites is 1. The number of fused-ring (bicyclic) bond motifs is 1. The van der Waals surface area contributed by atoms with E-state index in [4.69, 9.17) is 0 Å². The van der Waals surface area contributed by atoms with Gasteiger partial charge in [-0.15, -0.1) is 0 Å². The molecule has 3 aromatic rings. The number of carbonyl (C=O) groups excluding carboxylic acids is 1. The molecule has 0 saturated heterocycles. The second-order valence-electron chi connectivity index (χ2n) is 6.81. The Bertz CT molecular complexity index is 1200. The lowest BCUT2D eigenvalue weighted by Gasteiger charge is -2.22. The van der Waals surface area contributed by atoms with Crippen LogP contribution in [0.15, 0.2) is 58.2 Å². The van der Waals surface area contributed by atoms with Gasteiger partial charge in [-0.1, -0.05) is 37.6 Å². The number of nitrogens with zero attached hydrogens (tertiary/aromatic N) is 2. The number of sulfonamides is 1. The summed E-state index contributed by atoms with van der Waals surface area (Å²) in [6.45, 7) is 3.58. The van der Waals surface area contributed by atoms with Crippen LogP contribution in [0.2, 0.25) is 0 Å². The van der Waals surface area contributed by atoms with Crippen molar-refractivity contribution in [1.82, 2.24) is 14.3 Å². The molecule has 152 valence electrons. The average molecular weight is 413 g/mol. The van der Waals surface area contributed by atoms with Gasteiger partial charge in [-0.05, 0) is 37.6 Å². The smallest absolute Gasteiger partial charge is 0.258 e. The molecule has 0 radical (unpaired) electrons. The van der Waals surface area contributed by atoms with Gasteiger partial charge in [0.2, 0.25) is 10.0 Å². The van der Waals surface area contributed by atoms with Gasteiger partial charge in [0.15, 0.2) is 5.78 Å². The highest BCUT2D eigenvalue weighted by Crippen LogP contribution is 2.20. The maximum Gasteiger partial charge on any atom is 0.258 e. The van der Waals surface area contributed by atoms with Crippen molar-refractivity contribution < 1.29 is 13.2 Å². The van der Waals surface area contributed by atoms with E-state index in [1.807, 2.05) is 6.92 Å². The van der Waals surface area contributed by atoms with Crippen molar-refractivity contribution in [3.8, 4) is 0 Å². The molecule has 8 heteroatoms. The number of aromatic nitrogens is 2. The van der Waals surface area contributed by atoms with Crippen LogP contribution in [0.1, 0.15) is 42.9 Å². The summed E-state index contributed by atoms with van der Waals surface area (Å²) in [4.78, 5) is 31.1. The van der Waals surface area contributed by atoms with Gasteiger partial charge >= 0.3 is 0 Å². The van der Waals surface area contributed by atoms with Crippen molar-refractivity contribution >= 4 is 26.7 Å². The first-order valence-corrected chi connectivity index (χ1v) is 10.9. The first-order valence-electron chi connectivity index (χ1n) is 9.42. The van der Waals surface area contributed by atoms with Gasteiger partial charge in [-0.25, -0.2) is 13.4 Å². The number of carbonyl (C=O) groups is 1. The molecule has 0 unspecified atom stereocenters. The topological polar surface area (TPSA) is 100 Å². The van der Waals surface area contributed by atoms with E-state index in [2.05, 4.69) is 9.97 Å². The number of aromatic amines is 1. The number of ketones is 1. The minimum absolute atomic E-state index is 0.0458. The van der Waals surface area contributed by atoms with Crippen molar-refractivity contribution in [3.05, 3.63) is 70.3 Å². The summed E-state index contributed by atoms with van der Waals surface area (Å²) in [5.41, 5.74) is 0.536. The van der Waals surface area contributed by atoms with Gasteiger partial charge in [0, 0.05) is 12.1 Å². The summed E-state index contributed by atoms with van der Waals surface area (Å²) < 4.78 is 27.8. The summed E-state index contributed by atoms with van der Waals surface area (Å²) in [5, 5.41) is 0.452. The molecule has 1 N–H and O–H groups in total. The second kappa shape index (κ2) is 8.67. The average Bonchev–Trinajstić information content (AvgIpc) is 2.71. The molecular formula is C21H23N3O4S. The van der Waals surface area contributed by atoms with Gasteiger partial charge in [-0.2, -0.15) is 4.31 Å². The van der Waals surface area contributed by atoms with E-state index in [9.17, 15) is 18.0 Å². The van der Waals surface area contributed by atoms with E-state index in [-0.39, 0.29) is 35.2 Å². The predicted octanol–water partition coefficient (Wildman–Crippen LogP) is 3.12. The Kier molecular flexibility index (Phi) is 6.24. The second-order valence-corrected chi connectivity index (χ2v) is 8.74. The highest BCUT2D eigenvalue weighted by atomic mass is 32.2. The highest BCUT2D eigenvalue weighted by molar-refractivity contribution is 7.89. The molecule has 0 aliphatic carbocycles. The third kappa shape index (κ3) is 4.60. The van der Waals surface area contributed by atoms with E-state index in [0.29, 0.717) is 22.9 Å². The van der Waals surface area contributed by atoms with Gasteiger partial charge in [-0.3, -0.25) is 9.59 Å². The van der Waals surface area contributed by atoms with Crippen molar-refractivity contribution in [1.29, 1.82) is 0 Å². The zero-order chi connectivity index (χ0) is 21.0. The van der Waals surface area contributed by atoms with Gasteiger partial charge in [0.25, 0.3) is 5.56 Å². The summed E-state index contributed by atoms with van der Waals surface area (Å²) in [5.74, 6) is 0.0683. The molecular weight excluding hydrogens is 390 g/mol. The molecule has 0 spiro atoms. The molecule has 0 bridgehead atoms. The normalized spacial score (nSPS) is 11.8. The maximum atomic E-state index is 13.3. The van der Waals surface area contributed by atoms with Crippen LogP contribution in [0.4, 0.5) is 0 Å². The number of benzene rings is 2. The zero-order valence-electron chi connectivity index (χ0n) is 16.4. The summed E-state index contributed by atoms with van der Waals surface area (Å²) in [7, 11) is -3.87. The maximum absolute atomic E-state index is 13.3. The summed E-state index contributed by atoms with van der Waals surface area (Å²) >= 11 is 0. The molecule has 1 aromatic heterocycles. The molecule has 0 aliphatic rings. The summed E-state index contributed by atoms with van der Waals surface area (Å²) in [6.07, 6.45) is 1.46. The number of H-pyrrole nitrogens is 1. The van der Waals surface area contributed by atoms with Crippen LogP contribution < -0.4 is 5.56 Å². The largest absolute Gasteiger partial charge is 0.309 e. The fourth-order valence-corrected chi connectivity index (χ4v) is 4.51. The van der Waals surface area contributed by atoms with Gasteiger partial charge in [0.05, 0.1) is 22.3 Å². The molecule has 0 atom stereocenters. The van der Waals surface area contributed by atoms with E-state index in [1.165, 1.54) is 23.4 Å². The number of unbranched alkanes of at least 4 members (excludes halogenated alkanes) is 1. The van der Waals surface area contributed by atoms with Crippen LogP contribution in [0, 0.1) is 0 Å². The first kappa shape index (κ1) is 20.9. The van der Waals surface area contributed by atoms with E-state index in [1.54, 1.807) is 36.4 Å². The van der Waals surface area contributed by atoms with Gasteiger partial charge in [0.1, 0.15) is 5.82 Å². The summed E-state index contributed by atoms with van der Waals surface area (Å²) in [6, 6.07) is 12.9. The van der Waals surface area contributed by atoms with Crippen LogP contribution in [0.25, 0.3) is 10.9 Å². The molecule has 1 heterocycles. The molecule has 0 aliphatic heterocycles. The lowest BCUT2D eigenvalue weighted by Crippen LogP contribution is -2.33. The van der Waals surface area contributed by atoms with Crippen LogP contribution in [0.5, 0.6) is 0 Å². The van der Waals surface area contributed by atoms with Crippen molar-refractivity contribution in [2.24, 2.45) is 0 Å². The molecule has 3 rings (SSSR count). The lowest BCUT2D eigenvalue weighted by molar-refractivity contribution is 0.101. The lowest BCUT2D eigenvalue weighted by atomic mass is 10.2. The number of rotatable bonds is 8. The molecule has 7 nitrogen and oxygen atoms in total. The predicted molar refractivity (Wildman–Crippen MR) is 111 cm³/mol. The SMILES string of the molecule is CCCCN(Cc1nc2ccccc2c(=O)[nH]1)S(=O)(=O)c1cccc(C(C)=O)c1. The Morgan fingerprint density at radius 3 is 2.62 bits per heavy atom. The zero-order valence-corrected chi connectivity index (χ0v) is 17.2. The fourth-order valence-electron chi connectivity index (χ4n) is 3.02. The third-order valence-corrected chi connectivity index (χ3v) is 6.47. The Morgan fingerprint density at radius 1 is 1.14 bits per heavy atom. The fraction of sp³-hybridized carbons (Fsp3) is 0.286. The molecule has 29 heavy (non-hydrogen) atoms. The van der Waals surface area contributed by atoms with Crippen LogP contribution in [-0.4, -0.2) is 35.0 Å². The molecule has 2 aromatic carbocycles. The van der Waals surface area contributed by atoms with Crippen LogP contribution in [-0.2, 0) is 16.6 Å². The first-order chi connectivity index (χ1) is 13.8. The number of Topliss-reactive ketones (excluding diaryl/α,β-unsaturated/α-hetero) is 1. The standard InChI is InChI=1S/C21H23N3O4S/c1-3-4-12-24(29(27,28)17-9-7-8-16(13-17)15(2)25)14-20-22-19-11-6-5-10-18(19)21(26)23-20/h5-11,13H,3-4,12,14H2,1-2H3,(H,22,23,26). The van der Waals surface area contributed by atoms with Crippen LogP contribution >= 0.6 is 0 Å². The molecule has 0 saturated carbocycles. The minimum Gasteiger partial charge on any atom is -0.309 e. The van der Waals surface area contributed by atoms with Crippen molar-refractivity contribution in [2.45, 2.75) is 38.1 Å². The third-order valence-electron chi connectivity index (χ3n) is 4.63. The number of hydrogen-bond donors (Lipinski definition) is 1. The van der Waals surface area contributed by atoms with E-state index in [0.717, 1.165) is 6.42 Å².